The Balaban J connectivity index is 1.39. The lowest BCUT2D eigenvalue weighted by atomic mass is 9.81. The molecule has 2 aliphatic carbocycles. The summed E-state index contributed by atoms with van der Waals surface area (Å²) in [4.78, 5) is 40.4. The van der Waals surface area contributed by atoms with E-state index in [-0.39, 0.29) is 56.1 Å². The fraction of sp³-hybridized carbons (Fsp3) is 0.318. The van der Waals surface area contributed by atoms with E-state index in [1.807, 2.05) is 6.07 Å². The highest BCUT2D eigenvalue weighted by molar-refractivity contribution is 9.12. The summed E-state index contributed by atoms with van der Waals surface area (Å²) < 4.78 is 0. The molecule has 5 nitrogen and oxygen atoms in total. The smallest absolute Gasteiger partial charge is 0.255 e. The molecular formula is C22H17Br2ClN2O3. The molecule has 0 spiro atoms. The maximum atomic E-state index is 13.2. The van der Waals surface area contributed by atoms with Gasteiger partial charge in [0, 0.05) is 15.2 Å². The molecule has 3 amide bonds. The van der Waals surface area contributed by atoms with E-state index >= 15 is 0 Å². The van der Waals surface area contributed by atoms with Gasteiger partial charge in [-0.05, 0) is 48.6 Å². The summed E-state index contributed by atoms with van der Waals surface area (Å²) in [6.07, 6.45) is 0.887. The first-order valence-corrected chi connectivity index (χ1v) is 11.9. The number of nitrogens with one attached hydrogen (secondary N) is 1. The van der Waals surface area contributed by atoms with Crippen molar-refractivity contribution in [3.63, 3.8) is 0 Å². The van der Waals surface area contributed by atoms with Crippen LogP contribution >= 0.6 is 43.5 Å². The number of amides is 3. The molecule has 30 heavy (non-hydrogen) atoms. The zero-order valence-corrected chi connectivity index (χ0v) is 19.5. The van der Waals surface area contributed by atoms with Crippen molar-refractivity contribution in [1.29, 1.82) is 0 Å². The number of carbonyl (C=O) groups is 3. The van der Waals surface area contributed by atoms with Gasteiger partial charge in [0.25, 0.3) is 5.91 Å². The molecule has 3 fully saturated rings. The lowest BCUT2D eigenvalue weighted by Crippen LogP contribution is -2.37. The average molecular weight is 553 g/mol. The minimum atomic E-state index is -0.281. The van der Waals surface area contributed by atoms with Crippen LogP contribution in [-0.4, -0.2) is 27.4 Å². The van der Waals surface area contributed by atoms with Gasteiger partial charge in [0.05, 0.1) is 28.2 Å². The zero-order chi connectivity index (χ0) is 21.2. The van der Waals surface area contributed by atoms with Crippen molar-refractivity contribution in [2.45, 2.75) is 16.1 Å². The standard InChI is InChI=1S/C22H17Br2ClN2O3/c23-18-12-9-13(19(18)24)17-16(12)21(29)27(22(17)30)11-6-7-15(14(25)8-11)26-20(28)10-4-2-1-3-5-10/h1-8,12-13,16-19H,9H2,(H,26,28)/t12-,13+,16-,17-,18-,19+/m0/s1. The number of alkyl halides is 2. The second-order valence-corrected chi connectivity index (χ2v) is 10.5. The molecule has 1 aliphatic heterocycles. The van der Waals surface area contributed by atoms with Gasteiger partial charge >= 0.3 is 0 Å². The van der Waals surface area contributed by atoms with Crippen LogP contribution in [0.3, 0.4) is 0 Å². The van der Waals surface area contributed by atoms with E-state index < -0.39 is 0 Å². The van der Waals surface area contributed by atoms with E-state index in [0.29, 0.717) is 16.9 Å². The van der Waals surface area contributed by atoms with Crippen LogP contribution in [0.1, 0.15) is 16.8 Å². The first-order chi connectivity index (χ1) is 14.4. The van der Waals surface area contributed by atoms with Crippen molar-refractivity contribution in [3.05, 3.63) is 59.1 Å². The van der Waals surface area contributed by atoms with Gasteiger partial charge in [-0.1, -0.05) is 61.7 Å². The first kappa shape index (κ1) is 20.2. The van der Waals surface area contributed by atoms with Crippen LogP contribution < -0.4 is 10.2 Å². The number of benzene rings is 2. The lowest BCUT2D eigenvalue weighted by molar-refractivity contribution is -0.123. The number of rotatable bonds is 3. The Bertz CT molecular complexity index is 1030. The quantitative estimate of drug-likeness (QED) is 0.436. The maximum absolute atomic E-state index is 13.2. The number of hydrogen-bond donors (Lipinski definition) is 1. The molecule has 2 saturated carbocycles. The third kappa shape index (κ3) is 2.97. The third-order valence-corrected chi connectivity index (χ3v) is 10.0. The Morgan fingerprint density at radius 1 is 0.967 bits per heavy atom. The van der Waals surface area contributed by atoms with E-state index in [2.05, 4.69) is 37.2 Å². The summed E-state index contributed by atoms with van der Waals surface area (Å²) in [6.45, 7) is 0. The third-order valence-electron chi connectivity index (χ3n) is 6.48. The number of halogens is 3. The average Bonchev–Trinajstić information content (AvgIpc) is 3.35. The Morgan fingerprint density at radius 3 is 2.13 bits per heavy atom. The molecule has 1 N–H and O–H groups in total. The van der Waals surface area contributed by atoms with E-state index in [9.17, 15) is 14.4 Å². The van der Waals surface area contributed by atoms with Gasteiger partial charge in [-0.2, -0.15) is 0 Å². The molecule has 6 atom stereocenters. The summed E-state index contributed by atoms with van der Waals surface area (Å²) in [5.74, 6) is -0.835. The van der Waals surface area contributed by atoms with Crippen molar-refractivity contribution >= 4 is 72.6 Å². The normalized spacial score (nSPS) is 31.9. The molecule has 5 rings (SSSR count). The Labute approximate surface area is 195 Å². The molecule has 1 saturated heterocycles. The van der Waals surface area contributed by atoms with Gasteiger partial charge in [-0.25, -0.2) is 4.90 Å². The highest BCUT2D eigenvalue weighted by Crippen LogP contribution is 2.60. The summed E-state index contributed by atoms with van der Waals surface area (Å²) >= 11 is 13.8. The van der Waals surface area contributed by atoms with Crippen molar-refractivity contribution in [2.24, 2.45) is 23.7 Å². The predicted octanol–water partition coefficient (Wildman–Crippen LogP) is 4.87. The Hall–Kier alpha value is -1.70. The maximum Gasteiger partial charge on any atom is 0.255 e. The van der Waals surface area contributed by atoms with Crippen LogP contribution in [0.4, 0.5) is 11.4 Å². The topological polar surface area (TPSA) is 66.5 Å². The van der Waals surface area contributed by atoms with Crippen LogP contribution in [0.15, 0.2) is 48.5 Å². The lowest BCUT2D eigenvalue weighted by Gasteiger charge is -2.28. The van der Waals surface area contributed by atoms with E-state index in [1.54, 1.807) is 42.5 Å². The summed E-state index contributed by atoms with van der Waals surface area (Å²) in [5.41, 5.74) is 1.38. The van der Waals surface area contributed by atoms with Gasteiger partial charge in [0.15, 0.2) is 0 Å². The van der Waals surface area contributed by atoms with Crippen LogP contribution in [0.2, 0.25) is 5.02 Å². The Kier molecular flexibility index (Phi) is 5.03. The number of hydrogen-bond acceptors (Lipinski definition) is 3. The molecule has 8 heteroatoms. The van der Waals surface area contributed by atoms with E-state index in [0.717, 1.165) is 6.42 Å². The van der Waals surface area contributed by atoms with Gasteiger partial charge in [-0.15, -0.1) is 0 Å². The number of imide groups is 1. The minimum absolute atomic E-state index is 0.154. The molecule has 2 bridgehead atoms. The fourth-order valence-corrected chi connectivity index (χ4v) is 7.23. The van der Waals surface area contributed by atoms with E-state index in [4.69, 9.17) is 11.6 Å². The first-order valence-electron chi connectivity index (χ1n) is 9.70. The van der Waals surface area contributed by atoms with Gasteiger partial charge in [0.1, 0.15) is 0 Å². The summed E-state index contributed by atoms with van der Waals surface area (Å²) in [7, 11) is 0. The fourth-order valence-electron chi connectivity index (χ4n) is 5.13. The van der Waals surface area contributed by atoms with Crippen LogP contribution in [0, 0.1) is 23.7 Å². The van der Waals surface area contributed by atoms with Crippen molar-refractivity contribution < 1.29 is 14.4 Å². The minimum Gasteiger partial charge on any atom is -0.321 e. The van der Waals surface area contributed by atoms with Gasteiger partial charge in [0.2, 0.25) is 11.8 Å². The number of fused-ring (bicyclic) bond motifs is 5. The summed E-state index contributed by atoms with van der Waals surface area (Å²) in [5, 5.41) is 3.04. The highest BCUT2D eigenvalue weighted by atomic mass is 79.9. The zero-order valence-electron chi connectivity index (χ0n) is 15.6. The van der Waals surface area contributed by atoms with Gasteiger partial charge < -0.3 is 5.32 Å². The molecule has 2 aromatic carbocycles. The van der Waals surface area contributed by atoms with Crippen LogP contribution in [0.25, 0.3) is 0 Å². The highest BCUT2D eigenvalue weighted by Gasteiger charge is 2.66. The number of nitrogens with zero attached hydrogens (tertiary/aromatic N) is 1. The molecule has 1 heterocycles. The second-order valence-electron chi connectivity index (χ2n) is 8.00. The van der Waals surface area contributed by atoms with Crippen LogP contribution in [0.5, 0.6) is 0 Å². The van der Waals surface area contributed by atoms with Crippen molar-refractivity contribution in [2.75, 3.05) is 10.2 Å². The number of carbonyl (C=O) groups excluding carboxylic acids is 3. The molecule has 2 aromatic rings. The molecule has 0 radical (unpaired) electrons. The Morgan fingerprint density at radius 2 is 1.57 bits per heavy atom. The van der Waals surface area contributed by atoms with Crippen molar-refractivity contribution in [1.82, 2.24) is 0 Å². The number of anilines is 2. The molecule has 0 unspecified atom stereocenters. The monoisotopic (exact) mass is 550 g/mol. The predicted molar refractivity (Wildman–Crippen MR) is 122 cm³/mol. The SMILES string of the molecule is O=C(Nc1ccc(N2C(=O)[C@H]3[C@@H]4C[C@@H]([C@@H](Br)[C@H]4Br)[C@@H]3C2=O)cc1Cl)c1ccccc1. The van der Waals surface area contributed by atoms with Gasteiger partial charge in [-0.3, -0.25) is 14.4 Å². The molecule has 3 aliphatic rings. The second kappa shape index (κ2) is 7.46. The van der Waals surface area contributed by atoms with Crippen molar-refractivity contribution in [3.8, 4) is 0 Å². The molecule has 154 valence electrons. The van der Waals surface area contributed by atoms with Crippen LogP contribution in [-0.2, 0) is 9.59 Å². The summed E-state index contributed by atoms with van der Waals surface area (Å²) in [6, 6.07) is 13.7. The largest absolute Gasteiger partial charge is 0.321 e. The van der Waals surface area contributed by atoms with E-state index in [1.165, 1.54) is 4.90 Å². The molecular weight excluding hydrogens is 536 g/mol. The molecule has 0 aromatic heterocycles.